The number of hydrogen-bond donors (Lipinski definition) is 2. The third-order valence-electron chi connectivity index (χ3n) is 3.46. The van der Waals surface area contributed by atoms with Crippen LogP contribution in [0.2, 0.25) is 0 Å². The monoisotopic (exact) mass is 266 g/mol. The Hall–Kier alpha value is -1.36. The van der Waals surface area contributed by atoms with Crippen molar-refractivity contribution in [1.29, 1.82) is 0 Å². The third-order valence-corrected chi connectivity index (χ3v) is 3.46. The molecule has 1 atom stereocenters. The van der Waals surface area contributed by atoms with Crippen LogP contribution in [0.25, 0.3) is 0 Å². The molecular weight excluding hydrogens is 240 g/mol. The van der Waals surface area contributed by atoms with Gasteiger partial charge in [-0.3, -0.25) is 4.79 Å². The molecule has 1 aromatic rings. The summed E-state index contributed by atoms with van der Waals surface area (Å²) in [7, 11) is 0. The summed E-state index contributed by atoms with van der Waals surface area (Å²) in [5, 5.41) is 3.26. The molecule has 0 amide bonds. The van der Waals surface area contributed by atoms with Crippen LogP contribution in [0, 0.1) is 0 Å². The first-order valence-corrected chi connectivity index (χ1v) is 6.80. The van der Waals surface area contributed by atoms with Crippen LogP contribution < -0.4 is 16.6 Å². The molecule has 0 radical (unpaired) electrons. The first-order chi connectivity index (χ1) is 8.73. The highest BCUT2D eigenvalue weighted by atomic mass is 16.1. The van der Waals surface area contributed by atoms with Gasteiger partial charge in [0.05, 0.1) is 0 Å². The van der Waals surface area contributed by atoms with E-state index < -0.39 is 0 Å². The Morgan fingerprint density at radius 1 is 1.37 bits per heavy atom. The first kappa shape index (κ1) is 15.7. The van der Waals surface area contributed by atoms with Crippen molar-refractivity contribution in [3.63, 3.8) is 0 Å². The fourth-order valence-corrected chi connectivity index (χ4v) is 1.96. The van der Waals surface area contributed by atoms with E-state index in [2.05, 4.69) is 24.1 Å². The van der Waals surface area contributed by atoms with Crippen molar-refractivity contribution in [3.8, 4) is 0 Å². The summed E-state index contributed by atoms with van der Waals surface area (Å²) in [6.45, 7) is 10.7. The molecule has 1 unspecified atom stereocenters. The second-order valence-corrected chi connectivity index (χ2v) is 6.20. The van der Waals surface area contributed by atoms with Gasteiger partial charge in [0.1, 0.15) is 0 Å². The molecule has 3 N–H and O–H groups in total. The fraction of sp³-hybridized carbons (Fsp3) is 0.714. The number of anilines is 1. The second-order valence-electron chi connectivity index (χ2n) is 6.20. The molecule has 0 bridgehead atoms. The minimum Gasteiger partial charge on any atom is -0.360 e. The maximum atomic E-state index is 12.4. The molecule has 0 saturated heterocycles. The van der Waals surface area contributed by atoms with E-state index >= 15 is 0 Å². The van der Waals surface area contributed by atoms with Gasteiger partial charge < -0.3 is 15.6 Å². The smallest absolute Gasteiger partial charge is 0.293 e. The van der Waals surface area contributed by atoms with Crippen molar-refractivity contribution in [2.45, 2.75) is 58.5 Å². The van der Waals surface area contributed by atoms with E-state index in [9.17, 15) is 4.79 Å². The van der Waals surface area contributed by atoms with Crippen molar-refractivity contribution in [1.82, 2.24) is 9.55 Å². The summed E-state index contributed by atoms with van der Waals surface area (Å²) < 4.78 is 1.70. The normalized spacial score (nSPS) is 15.1. The van der Waals surface area contributed by atoms with E-state index in [1.807, 2.05) is 20.8 Å². The van der Waals surface area contributed by atoms with Crippen LogP contribution in [0.3, 0.4) is 0 Å². The predicted molar refractivity (Wildman–Crippen MR) is 79.5 cm³/mol. The van der Waals surface area contributed by atoms with Crippen LogP contribution in [0.1, 0.15) is 47.5 Å². The van der Waals surface area contributed by atoms with E-state index in [0.29, 0.717) is 12.4 Å². The summed E-state index contributed by atoms with van der Waals surface area (Å²) in [6, 6.07) is 0. The Bertz CT molecular complexity index is 475. The minimum atomic E-state index is -0.257. The Balaban J connectivity index is 3.13. The van der Waals surface area contributed by atoms with Crippen LogP contribution in [0.4, 0.5) is 5.82 Å². The number of rotatable bonds is 5. The van der Waals surface area contributed by atoms with Crippen LogP contribution >= 0.6 is 0 Å². The van der Waals surface area contributed by atoms with E-state index in [-0.39, 0.29) is 16.6 Å². The molecule has 0 aromatic carbocycles. The zero-order chi connectivity index (χ0) is 14.7. The number of nitrogens with one attached hydrogen (secondary N) is 1. The molecule has 0 aliphatic heterocycles. The van der Waals surface area contributed by atoms with Crippen molar-refractivity contribution >= 4 is 5.82 Å². The highest BCUT2D eigenvalue weighted by Crippen LogP contribution is 2.19. The van der Waals surface area contributed by atoms with Crippen LogP contribution in [0.5, 0.6) is 0 Å². The van der Waals surface area contributed by atoms with Gasteiger partial charge in [0.2, 0.25) is 0 Å². The predicted octanol–water partition coefficient (Wildman–Crippen LogP) is 1.93. The number of nitrogens with zero attached hydrogens (tertiary/aromatic N) is 2. The van der Waals surface area contributed by atoms with Gasteiger partial charge in [-0.05, 0) is 47.1 Å². The van der Waals surface area contributed by atoms with Gasteiger partial charge >= 0.3 is 0 Å². The van der Waals surface area contributed by atoms with Crippen molar-refractivity contribution < 1.29 is 0 Å². The zero-order valence-electron chi connectivity index (χ0n) is 12.7. The van der Waals surface area contributed by atoms with Gasteiger partial charge in [-0.1, -0.05) is 6.92 Å². The van der Waals surface area contributed by atoms with Gasteiger partial charge in [-0.25, -0.2) is 4.98 Å². The van der Waals surface area contributed by atoms with Gasteiger partial charge in [0.15, 0.2) is 5.82 Å². The molecule has 5 heteroatoms. The fourth-order valence-electron chi connectivity index (χ4n) is 1.96. The Labute approximate surface area is 115 Å². The van der Waals surface area contributed by atoms with Crippen molar-refractivity contribution in [2.75, 3.05) is 11.9 Å². The van der Waals surface area contributed by atoms with Crippen LogP contribution in [0.15, 0.2) is 17.2 Å². The SMILES string of the molecule is CCC(C)(CCN)Nc1nccn(C(C)(C)C)c1=O. The average molecular weight is 266 g/mol. The average Bonchev–Trinajstić information content (AvgIpc) is 2.31. The lowest BCUT2D eigenvalue weighted by atomic mass is 9.94. The quantitative estimate of drug-likeness (QED) is 0.854. The number of aromatic nitrogens is 2. The number of hydrogen-bond acceptors (Lipinski definition) is 4. The molecule has 0 saturated carbocycles. The van der Waals surface area contributed by atoms with Gasteiger partial charge in [-0.15, -0.1) is 0 Å². The van der Waals surface area contributed by atoms with E-state index in [1.165, 1.54) is 0 Å². The Morgan fingerprint density at radius 3 is 2.47 bits per heavy atom. The molecule has 0 aliphatic carbocycles. The van der Waals surface area contributed by atoms with E-state index in [4.69, 9.17) is 5.73 Å². The highest BCUT2D eigenvalue weighted by molar-refractivity contribution is 5.35. The van der Waals surface area contributed by atoms with Crippen LogP contribution in [-0.4, -0.2) is 21.6 Å². The summed E-state index contributed by atoms with van der Waals surface area (Å²) in [6.07, 6.45) is 5.07. The molecule has 19 heavy (non-hydrogen) atoms. The molecular formula is C14H26N4O. The standard InChI is InChI=1S/C14H26N4O/c1-6-14(5,7-8-15)17-11-12(19)18(10-9-16-11)13(2,3)4/h9-10H,6-8,15H2,1-5H3,(H,16,17). The molecule has 5 nitrogen and oxygen atoms in total. The molecule has 0 aliphatic rings. The van der Waals surface area contributed by atoms with Crippen LogP contribution in [-0.2, 0) is 5.54 Å². The molecule has 1 aromatic heterocycles. The summed E-state index contributed by atoms with van der Waals surface area (Å²) in [4.78, 5) is 16.6. The summed E-state index contributed by atoms with van der Waals surface area (Å²) in [5.74, 6) is 0.398. The first-order valence-electron chi connectivity index (χ1n) is 6.80. The Kier molecular flexibility index (Phi) is 4.74. The van der Waals surface area contributed by atoms with E-state index in [0.717, 1.165) is 12.8 Å². The third kappa shape index (κ3) is 3.80. The topological polar surface area (TPSA) is 72.9 Å². The Morgan fingerprint density at radius 2 is 2.00 bits per heavy atom. The lowest BCUT2D eigenvalue weighted by molar-refractivity contribution is 0.381. The van der Waals surface area contributed by atoms with Crippen molar-refractivity contribution in [2.24, 2.45) is 5.73 Å². The lowest BCUT2D eigenvalue weighted by Gasteiger charge is -2.30. The zero-order valence-corrected chi connectivity index (χ0v) is 12.7. The van der Waals surface area contributed by atoms with Gasteiger partial charge in [0, 0.05) is 23.5 Å². The molecule has 1 rings (SSSR count). The summed E-state index contributed by atoms with van der Waals surface area (Å²) in [5.41, 5.74) is 5.09. The molecule has 0 spiro atoms. The van der Waals surface area contributed by atoms with Gasteiger partial charge in [-0.2, -0.15) is 0 Å². The largest absolute Gasteiger partial charge is 0.360 e. The van der Waals surface area contributed by atoms with Gasteiger partial charge in [0.25, 0.3) is 5.56 Å². The second kappa shape index (κ2) is 5.74. The highest BCUT2D eigenvalue weighted by Gasteiger charge is 2.24. The summed E-state index contributed by atoms with van der Waals surface area (Å²) >= 11 is 0. The van der Waals surface area contributed by atoms with E-state index in [1.54, 1.807) is 17.0 Å². The minimum absolute atomic E-state index is 0.0910. The molecule has 0 fully saturated rings. The molecule has 1 heterocycles. The number of nitrogens with two attached hydrogens (primary N) is 1. The maximum absolute atomic E-state index is 12.4. The lowest BCUT2D eigenvalue weighted by Crippen LogP contribution is -2.41. The van der Waals surface area contributed by atoms with Crippen molar-refractivity contribution in [3.05, 3.63) is 22.7 Å². The molecule has 108 valence electrons. The maximum Gasteiger partial charge on any atom is 0.293 e.